The third-order valence-electron chi connectivity index (χ3n) is 2.34. The number of hydrogen-bond donors (Lipinski definition) is 0. The van der Waals surface area contributed by atoms with E-state index < -0.39 is 4.92 Å². The molecule has 0 bridgehead atoms. The minimum Gasteiger partial charge on any atom is -0.258 e. The third-order valence-corrected chi connectivity index (χ3v) is 3.43. The van der Waals surface area contributed by atoms with Gasteiger partial charge in [0, 0.05) is 23.8 Å². The van der Waals surface area contributed by atoms with Gasteiger partial charge in [-0.15, -0.1) is 0 Å². The van der Waals surface area contributed by atoms with Crippen LogP contribution in [0, 0.1) is 16.2 Å². The summed E-state index contributed by atoms with van der Waals surface area (Å²) in [6, 6.07) is 10.1. The summed E-state index contributed by atoms with van der Waals surface area (Å²) in [5, 5.41) is 11.5. The molecule has 0 unspecified atom stereocenters. The molecular formula is C12H5Cl3NO2. The lowest BCUT2D eigenvalue weighted by Gasteiger charge is -2.08. The standard InChI is InChI=1S/C12H5Cl3NO2/c13-9-5-6-10(14)12(15)11(9)7-1-3-8(4-2-7)16(17)18/h1-4,6H. The summed E-state index contributed by atoms with van der Waals surface area (Å²) >= 11 is 18.0. The molecule has 0 heterocycles. The number of halogens is 3. The highest BCUT2D eigenvalue weighted by atomic mass is 35.5. The zero-order chi connectivity index (χ0) is 13.3. The lowest BCUT2D eigenvalue weighted by atomic mass is 10.1. The summed E-state index contributed by atoms with van der Waals surface area (Å²) in [5.74, 6) is 0. The fraction of sp³-hybridized carbons (Fsp3) is 0. The van der Waals surface area contributed by atoms with Crippen LogP contribution in [0.25, 0.3) is 11.1 Å². The van der Waals surface area contributed by atoms with Gasteiger partial charge in [0.2, 0.25) is 0 Å². The van der Waals surface area contributed by atoms with Gasteiger partial charge in [-0.2, -0.15) is 0 Å². The Hall–Kier alpha value is -1.29. The average molecular weight is 302 g/mol. The molecule has 6 heteroatoms. The van der Waals surface area contributed by atoms with E-state index in [1.165, 1.54) is 18.2 Å². The summed E-state index contributed by atoms with van der Waals surface area (Å²) in [7, 11) is 0. The number of benzene rings is 2. The summed E-state index contributed by atoms with van der Waals surface area (Å²) in [4.78, 5) is 10.1. The Morgan fingerprint density at radius 2 is 1.72 bits per heavy atom. The highest BCUT2D eigenvalue weighted by Crippen LogP contribution is 2.39. The largest absolute Gasteiger partial charge is 0.269 e. The molecule has 0 atom stereocenters. The highest BCUT2D eigenvalue weighted by Gasteiger charge is 2.13. The first-order chi connectivity index (χ1) is 8.50. The number of hydrogen-bond acceptors (Lipinski definition) is 2. The van der Waals surface area contributed by atoms with Gasteiger partial charge in [-0.05, 0) is 23.8 Å². The Bertz CT molecular complexity index is 611. The summed E-state index contributed by atoms with van der Waals surface area (Å²) < 4.78 is 0. The smallest absolute Gasteiger partial charge is 0.258 e. The van der Waals surface area contributed by atoms with Gasteiger partial charge in [-0.3, -0.25) is 10.1 Å². The van der Waals surface area contributed by atoms with E-state index in [1.54, 1.807) is 12.1 Å². The zero-order valence-corrected chi connectivity index (χ0v) is 11.1. The molecule has 0 aliphatic heterocycles. The fourth-order valence-corrected chi connectivity index (χ4v) is 2.20. The lowest BCUT2D eigenvalue weighted by Crippen LogP contribution is -1.88. The first-order valence-electron chi connectivity index (χ1n) is 4.80. The third kappa shape index (κ3) is 2.43. The Morgan fingerprint density at radius 3 is 2.28 bits per heavy atom. The maximum Gasteiger partial charge on any atom is 0.269 e. The van der Waals surface area contributed by atoms with Crippen molar-refractivity contribution in [1.82, 2.24) is 0 Å². The fourth-order valence-electron chi connectivity index (χ4n) is 1.48. The van der Waals surface area contributed by atoms with Gasteiger partial charge in [0.25, 0.3) is 5.69 Å². The zero-order valence-electron chi connectivity index (χ0n) is 8.78. The first kappa shape index (κ1) is 13.1. The van der Waals surface area contributed by atoms with Crippen molar-refractivity contribution in [3.05, 3.63) is 61.6 Å². The highest BCUT2D eigenvalue weighted by molar-refractivity contribution is 6.46. The number of nitro benzene ring substituents is 1. The number of rotatable bonds is 2. The molecule has 1 radical (unpaired) electrons. The second-order valence-corrected chi connectivity index (χ2v) is 4.61. The number of nitrogens with zero attached hydrogens (tertiary/aromatic N) is 1. The molecule has 3 nitrogen and oxygen atoms in total. The molecule has 0 aromatic heterocycles. The minimum absolute atomic E-state index is 0.00278. The van der Waals surface area contributed by atoms with E-state index in [1.807, 2.05) is 0 Å². The van der Waals surface area contributed by atoms with Crippen molar-refractivity contribution in [3.63, 3.8) is 0 Å². The van der Waals surface area contributed by atoms with Crippen molar-refractivity contribution in [3.8, 4) is 11.1 Å². The summed E-state index contributed by atoms with van der Waals surface area (Å²) in [5.41, 5.74) is 1.16. The second kappa shape index (κ2) is 5.14. The van der Waals surface area contributed by atoms with E-state index in [0.29, 0.717) is 26.2 Å². The maximum atomic E-state index is 10.6. The molecule has 0 amide bonds. The van der Waals surface area contributed by atoms with E-state index >= 15 is 0 Å². The summed E-state index contributed by atoms with van der Waals surface area (Å²) in [6.07, 6.45) is 0. The van der Waals surface area contributed by atoms with Gasteiger partial charge in [0.15, 0.2) is 0 Å². The molecule has 2 aromatic rings. The predicted molar refractivity (Wildman–Crippen MR) is 72.4 cm³/mol. The van der Waals surface area contributed by atoms with E-state index in [4.69, 9.17) is 34.8 Å². The summed E-state index contributed by atoms with van der Waals surface area (Å²) in [6.45, 7) is 0. The van der Waals surface area contributed by atoms with Crippen LogP contribution in [0.15, 0.2) is 30.3 Å². The van der Waals surface area contributed by atoms with Crippen LogP contribution in [-0.2, 0) is 0 Å². The topological polar surface area (TPSA) is 43.1 Å². The SMILES string of the molecule is O=[N+]([O-])c1ccc(-c2c(Cl)[c]cc(Cl)c2Cl)cc1. The predicted octanol–water partition coefficient (Wildman–Crippen LogP) is 5.02. The Balaban J connectivity index is 2.55. The van der Waals surface area contributed by atoms with Gasteiger partial charge in [0.1, 0.15) is 0 Å². The van der Waals surface area contributed by atoms with Crippen LogP contribution in [0.3, 0.4) is 0 Å². The van der Waals surface area contributed by atoms with Gasteiger partial charge < -0.3 is 0 Å². The van der Waals surface area contributed by atoms with Crippen LogP contribution in [0.5, 0.6) is 0 Å². The van der Waals surface area contributed by atoms with E-state index in [0.717, 1.165) is 0 Å². The molecule has 0 saturated carbocycles. The van der Waals surface area contributed by atoms with Crippen LogP contribution < -0.4 is 0 Å². The average Bonchev–Trinajstić information content (AvgIpc) is 2.35. The molecule has 18 heavy (non-hydrogen) atoms. The molecule has 91 valence electrons. The molecule has 0 aliphatic rings. The van der Waals surface area contributed by atoms with Gasteiger partial charge in [0.05, 0.1) is 20.0 Å². The van der Waals surface area contributed by atoms with Gasteiger partial charge in [-0.25, -0.2) is 0 Å². The first-order valence-corrected chi connectivity index (χ1v) is 5.94. The Labute approximate surface area is 118 Å². The van der Waals surface area contributed by atoms with Crippen LogP contribution >= 0.6 is 34.8 Å². The number of nitro groups is 1. The molecule has 2 rings (SSSR count). The van der Waals surface area contributed by atoms with Crippen LogP contribution in [0.2, 0.25) is 15.1 Å². The van der Waals surface area contributed by atoms with Crippen LogP contribution in [-0.4, -0.2) is 4.92 Å². The number of non-ortho nitro benzene ring substituents is 1. The van der Waals surface area contributed by atoms with Crippen LogP contribution in [0.4, 0.5) is 5.69 Å². The maximum absolute atomic E-state index is 10.6. The molecule has 0 saturated heterocycles. The van der Waals surface area contributed by atoms with E-state index in [9.17, 15) is 10.1 Å². The van der Waals surface area contributed by atoms with E-state index in [-0.39, 0.29) is 5.69 Å². The lowest BCUT2D eigenvalue weighted by molar-refractivity contribution is -0.384. The minimum atomic E-state index is -0.475. The monoisotopic (exact) mass is 300 g/mol. The molecule has 0 fully saturated rings. The van der Waals surface area contributed by atoms with Gasteiger partial charge >= 0.3 is 0 Å². The van der Waals surface area contributed by atoms with E-state index in [2.05, 4.69) is 6.07 Å². The molecule has 0 aliphatic carbocycles. The molecule has 2 aromatic carbocycles. The normalized spacial score (nSPS) is 10.4. The van der Waals surface area contributed by atoms with Crippen LogP contribution in [0.1, 0.15) is 0 Å². The quantitative estimate of drug-likeness (QED) is 0.444. The van der Waals surface area contributed by atoms with Crippen molar-refractivity contribution in [1.29, 1.82) is 0 Å². The Morgan fingerprint density at radius 1 is 1.11 bits per heavy atom. The van der Waals surface area contributed by atoms with Crippen molar-refractivity contribution in [2.75, 3.05) is 0 Å². The van der Waals surface area contributed by atoms with Crippen molar-refractivity contribution >= 4 is 40.5 Å². The molecule has 0 spiro atoms. The van der Waals surface area contributed by atoms with Crippen molar-refractivity contribution in [2.24, 2.45) is 0 Å². The Kier molecular flexibility index (Phi) is 3.76. The second-order valence-electron chi connectivity index (χ2n) is 3.44. The van der Waals surface area contributed by atoms with Crippen molar-refractivity contribution < 1.29 is 4.92 Å². The molecule has 0 N–H and O–H groups in total. The van der Waals surface area contributed by atoms with Crippen molar-refractivity contribution in [2.45, 2.75) is 0 Å². The van der Waals surface area contributed by atoms with Gasteiger partial charge in [-0.1, -0.05) is 34.8 Å². The molecular weight excluding hydrogens is 296 g/mol.